The Morgan fingerprint density at radius 3 is 2.59 bits per heavy atom. The molecular formula is C16H17N5S. The summed E-state index contributed by atoms with van der Waals surface area (Å²) in [7, 11) is 0. The van der Waals surface area contributed by atoms with Gasteiger partial charge >= 0.3 is 0 Å². The van der Waals surface area contributed by atoms with Crippen LogP contribution in [-0.2, 0) is 0 Å². The maximum atomic E-state index is 4.66. The van der Waals surface area contributed by atoms with Gasteiger partial charge in [-0.2, -0.15) is 0 Å². The van der Waals surface area contributed by atoms with Gasteiger partial charge in [-0.15, -0.1) is 11.3 Å². The van der Waals surface area contributed by atoms with Gasteiger partial charge in [-0.25, -0.2) is 15.0 Å². The molecule has 3 aromatic heterocycles. The minimum absolute atomic E-state index is 0.431. The van der Waals surface area contributed by atoms with E-state index in [-0.39, 0.29) is 0 Å². The lowest BCUT2D eigenvalue weighted by Crippen LogP contribution is -1.97. The van der Waals surface area contributed by atoms with Gasteiger partial charge in [-0.1, -0.05) is 13.8 Å². The van der Waals surface area contributed by atoms with Crippen molar-refractivity contribution < 1.29 is 0 Å². The van der Waals surface area contributed by atoms with Gasteiger partial charge in [-0.05, 0) is 24.6 Å². The maximum absolute atomic E-state index is 4.66. The summed E-state index contributed by atoms with van der Waals surface area (Å²) in [5.74, 6) is 1.87. The fraction of sp³-hybridized carbons (Fsp3) is 0.250. The van der Waals surface area contributed by atoms with Crippen LogP contribution < -0.4 is 5.32 Å². The topological polar surface area (TPSA) is 63.6 Å². The van der Waals surface area contributed by atoms with E-state index < -0.39 is 0 Å². The average molecular weight is 311 g/mol. The number of thiazole rings is 1. The molecule has 0 saturated carbocycles. The molecular weight excluding hydrogens is 294 g/mol. The first-order chi connectivity index (χ1) is 10.6. The molecule has 0 aliphatic heterocycles. The van der Waals surface area contributed by atoms with Gasteiger partial charge in [0, 0.05) is 24.5 Å². The molecule has 0 aliphatic rings. The van der Waals surface area contributed by atoms with E-state index in [1.165, 1.54) is 0 Å². The summed E-state index contributed by atoms with van der Waals surface area (Å²) in [4.78, 5) is 18.5. The highest BCUT2D eigenvalue weighted by atomic mass is 32.1. The molecule has 0 amide bonds. The number of hydrogen-bond acceptors (Lipinski definition) is 6. The molecule has 3 rings (SSSR count). The lowest BCUT2D eigenvalue weighted by molar-refractivity contribution is 0.852. The van der Waals surface area contributed by atoms with Crippen molar-refractivity contribution in [3.8, 4) is 10.6 Å². The van der Waals surface area contributed by atoms with Crippen molar-refractivity contribution in [3.05, 3.63) is 47.5 Å². The third kappa shape index (κ3) is 3.28. The van der Waals surface area contributed by atoms with Gasteiger partial charge in [0.05, 0.1) is 21.8 Å². The maximum Gasteiger partial charge on any atom is 0.150 e. The first-order valence-electron chi connectivity index (χ1n) is 7.09. The molecule has 5 nitrogen and oxygen atoms in total. The van der Waals surface area contributed by atoms with Crippen LogP contribution in [0.25, 0.3) is 10.6 Å². The fourth-order valence-corrected chi connectivity index (χ4v) is 2.91. The van der Waals surface area contributed by atoms with Crippen LogP contribution in [0.2, 0.25) is 0 Å². The lowest BCUT2D eigenvalue weighted by atomic mass is 10.2. The van der Waals surface area contributed by atoms with Crippen LogP contribution >= 0.6 is 11.3 Å². The summed E-state index contributed by atoms with van der Waals surface area (Å²) in [5.41, 5.74) is 2.06. The zero-order valence-corrected chi connectivity index (χ0v) is 13.6. The minimum Gasteiger partial charge on any atom is -0.324 e. The number of nitrogens with one attached hydrogen (secondary N) is 1. The number of rotatable bonds is 4. The van der Waals surface area contributed by atoms with Gasteiger partial charge in [-0.3, -0.25) is 4.98 Å². The second kappa shape index (κ2) is 6.19. The minimum atomic E-state index is 0.431. The van der Waals surface area contributed by atoms with Crippen molar-refractivity contribution in [1.29, 1.82) is 0 Å². The zero-order valence-electron chi connectivity index (χ0n) is 12.7. The quantitative estimate of drug-likeness (QED) is 0.783. The third-order valence-electron chi connectivity index (χ3n) is 3.06. The van der Waals surface area contributed by atoms with Crippen molar-refractivity contribution in [2.75, 3.05) is 5.32 Å². The van der Waals surface area contributed by atoms with E-state index in [2.05, 4.69) is 52.1 Å². The van der Waals surface area contributed by atoms with Gasteiger partial charge in [0.2, 0.25) is 0 Å². The van der Waals surface area contributed by atoms with Crippen molar-refractivity contribution in [2.45, 2.75) is 26.7 Å². The molecule has 0 atom stereocenters. The summed E-state index contributed by atoms with van der Waals surface area (Å²) in [6.45, 7) is 6.35. The number of nitrogens with zero attached hydrogens (tertiary/aromatic N) is 4. The first kappa shape index (κ1) is 14.6. The summed E-state index contributed by atoms with van der Waals surface area (Å²) in [6, 6.07) is 4.06. The Labute approximate surface area is 133 Å². The smallest absolute Gasteiger partial charge is 0.150 e. The monoisotopic (exact) mass is 311 g/mol. The summed E-state index contributed by atoms with van der Waals surface area (Å²) < 4.78 is 0. The zero-order chi connectivity index (χ0) is 15.5. The Kier molecular flexibility index (Phi) is 4.11. The molecule has 0 bridgehead atoms. The van der Waals surface area contributed by atoms with Gasteiger partial charge in [0.15, 0.2) is 0 Å². The standard InChI is InChI=1S/C16H17N5S/c1-10(2)16-19-8-13(22-16)12-6-11(3)7-14(20-12)21-15-9-17-4-5-18-15/h4-10H,1-3H3,(H,18,20,21). The summed E-state index contributed by atoms with van der Waals surface area (Å²) in [6.07, 6.45) is 6.86. The van der Waals surface area contributed by atoms with Crippen molar-refractivity contribution in [1.82, 2.24) is 19.9 Å². The molecule has 112 valence electrons. The number of anilines is 2. The highest BCUT2D eigenvalue weighted by Crippen LogP contribution is 2.30. The van der Waals surface area contributed by atoms with Crippen LogP contribution in [-0.4, -0.2) is 19.9 Å². The van der Waals surface area contributed by atoms with E-state index in [1.54, 1.807) is 29.9 Å². The third-order valence-corrected chi connectivity index (χ3v) is 4.38. The van der Waals surface area contributed by atoms with E-state index in [9.17, 15) is 0 Å². The molecule has 22 heavy (non-hydrogen) atoms. The van der Waals surface area contributed by atoms with Crippen LogP contribution in [0.4, 0.5) is 11.6 Å². The number of pyridine rings is 1. The lowest BCUT2D eigenvalue weighted by Gasteiger charge is -2.07. The highest BCUT2D eigenvalue weighted by molar-refractivity contribution is 7.15. The van der Waals surface area contributed by atoms with Crippen molar-refractivity contribution in [2.24, 2.45) is 0 Å². The Morgan fingerprint density at radius 2 is 1.91 bits per heavy atom. The van der Waals surface area contributed by atoms with E-state index in [1.807, 2.05) is 12.3 Å². The van der Waals surface area contributed by atoms with Crippen molar-refractivity contribution >= 4 is 23.0 Å². The predicted molar refractivity (Wildman–Crippen MR) is 89.5 cm³/mol. The molecule has 3 heterocycles. The molecule has 0 saturated heterocycles. The van der Waals surface area contributed by atoms with Gasteiger partial charge in [0.25, 0.3) is 0 Å². The second-order valence-electron chi connectivity index (χ2n) is 5.35. The molecule has 0 unspecified atom stereocenters. The molecule has 0 aliphatic carbocycles. The number of hydrogen-bond donors (Lipinski definition) is 1. The predicted octanol–water partition coefficient (Wildman–Crippen LogP) is 4.17. The Morgan fingerprint density at radius 1 is 1.05 bits per heavy atom. The largest absolute Gasteiger partial charge is 0.324 e. The van der Waals surface area contributed by atoms with E-state index in [0.29, 0.717) is 11.7 Å². The molecule has 3 aromatic rings. The summed E-state index contributed by atoms with van der Waals surface area (Å²) >= 11 is 1.69. The van der Waals surface area contributed by atoms with Crippen LogP contribution in [0, 0.1) is 6.92 Å². The van der Waals surface area contributed by atoms with E-state index in [0.717, 1.165) is 27.0 Å². The second-order valence-corrected chi connectivity index (χ2v) is 6.41. The molecule has 6 heteroatoms. The SMILES string of the molecule is Cc1cc(Nc2cnccn2)nc(-c2cnc(C(C)C)s2)c1. The Hall–Kier alpha value is -2.34. The first-order valence-corrected chi connectivity index (χ1v) is 7.91. The molecule has 0 aromatic carbocycles. The average Bonchev–Trinajstić information content (AvgIpc) is 2.98. The molecule has 0 spiro atoms. The number of aryl methyl sites for hydroxylation is 1. The van der Waals surface area contributed by atoms with Crippen LogP contribution in [0.15, 0.2) is 36.9 Å². The Bertz CT molecular complexity index is 767. The highest BCUT2D eigenvalue weighted by Gasteiger charge is 2.10. The van der Waals surface area contributed by atoms with E-state index in [4.69, 9.17) is 0 Å². The molecule has 1 N–H and O–H groups in total. The van der Waals surface area contributed by atoms with Gasteiger partial charge < -0.3 is 5.32 Å². The van der Waals surface area contributed by atoms with Crippen molar-refractivity contribution in [3.63, 3.8) is 0 Å². The van der Waals surface area contributed by atoms with Gasteiger partial charge in [0.1, 0.15) is 11.6 Å². The fourth-order valence-electron chi connectivity index (χ4n) is 2.03. The van der Waals surface area contributed by atoms with Crippen LogP contribution in [0.3, 0.4) is 0 Å². The summed E-state index contributed by atoms with van der Waals surface area (Å²) in [5, 5.41) is 4.31. The van der Waals surface area contributed by atoms with Crippen LogP contribution in [0.5, 0.6) is 0 Å². The Balaban J connectivity index is 1.92. The van der Waals surface area contributed by atoms with Crippen LogP contribution in [0.1, 0.15) is 30.3 Å². The molecule has 0 fully saturated rings. The number of aromatic nitrogens is 4. The van der Waals surface area contributed by atoms with E-state index >= 15 is 0 Å². The normalized spacial score (nSPS) is 10.9. The molecule has 0 radical (unpaired) electrons.